The molecule has 1 saturated heterocycles. The molecule has 46 heavy (non-hydrogen) atoms. The van der Waals surface area contributed by atoms with E-state index in [0.29, 0.717) is 53.1 Å². The minimum absolute atomic E-state index is 0.0971. The Labute approximate surface area is 267 Å². The van der Waals surface area contributed by atoms with Crippen LogP contribution in [0.5, 0.6) is 11.5 Å². The molecule has 242 valence electrons. The summed E-state index contributed by atoms with van der Waals surface area (Å²) in [5, 5.41) is 15.1. The van der Waals surface area contributed by atoms with Gasteiger partial charge < -0.3 is 40.8 Å². The van der Waals surface area contributed by atoms with E-state index in [1.807, 2.05) is 18.2 Å². The predicted molar refractivity (Wildman–Crippen MR) is 168 cm³/mol. The topological polar surface area (TPSA) is 131 Å². The maximum atomic E-state index is 13.0. The zero-order valence-electron chi connectivity index (χ0n) is 24.8. The largest absolute Gasteiger partial charge is 0.496 e. The van der Waals surface area contributed by atoms with Gasteiger partial charge in [0.1, 0.15) is 16.5 Å². The normalized spacial score (nSPS) is 14.7. The zero-order valence-corrected chi connectivity index (χ0v) is 25.6. The third-order valence-electron chi connectivity index (χ3n) is 6.93. The molecule has 0 bridgehead atoms. The van der Waals surface area contributed by atoms with Crippen molar-refractivity contribution in [3.05, 3.63) is 88.6 Å². The number of halogens is 4. The van der Waals surface area contributed by atoms with Crippen LogP contribution < -0.4 is 36.1 Å². The second-order valence-corrected chi connectivity index (χ2v) is 10.5. The van der Waals surface area contributed by atoms with E-state index in [9.17, 15) is 18.0 Å². The fourth-order valence-electron chi connectivity index (χ4n) is 4.68. The molecule has 2 amide bonds. The van der Waals surface area contributed by atoms with Crippen LogP contribution in [-0.4, -0.2) is 49.9 Å². The Morgan fingerprint density at radius 3 is 2.57 bits per heavy atom. The molecule has 1 aliphatic heterocycles. The molecule has 1 aliphatic rings. The van der Waals surface area contributed by atoms with Crippen LogP contribution >= 0.6 is 11.6 Å². The van der Waals surface area contributed by atoms with E-state index in [2.05, 4.69) is 36.6 Å². The molecule has 0 aliphatic carbocycles. The van der Waals surface area contributed by atoms with Gasteiger partial charge in [-0.1, -0.05) is 29.8 Å². The van der Waals surface area contributed by atoms with Gasteiger partial charge >= 0.3 is 12.2 Å². The number of carbonyl (C=O) groups is 1. The van der Waals surface area contributed by atoms with Gasteiger partial charge in [0.25, 0.3) is 0 Å². The van der Waals surface area contributed by atoms with Crippen LogP contribution in [0, 0.1) is 0 Å². The SMILES string of the molecule is COc1cc(NC(=O)NCc2cccc(C(F)(F)F)c2)ccc1Nc1ncc(Cl)c(Nc2ccc(C3CNCCO3)c(OC)c2)n1. The van der Waals surface area contributed by atoms with Gasteiger partial charge in [0.15, 0.2) is 5.82 Å². The fourth-order valence-corrected chi connectivity index (χ4v) is 4.82. The van der Waals surface area contributed by atoms with Crippen molar-refractivity contribution in [1.82, 2.24) is 20.6 Å². The third kappa shape index (κ3) is 8.27. The second kappa shape index (κ2) is 14.5. The lowest BCUT2D eigenvalue weighted by molar-refractivity contribution is -0.137. The number of alkyl halides is 3. The van der Waals surface area contributed by atoms with Gasteiger partial charge in [0, 0.05) is 48.7 Å². The summed E-state index contributed by atoms with van der Waals surface area (Å²) in [7, 11) is 3.05. The van der Waals surface area contributed by atoms with E-state index in [1.54, 1.807) is 25.3 Å². The molecule has 1 fully saturated rings. The van der Waals surface area contributed by atoms with Crippen molar-refractivity contribution in [3.63, 3.8) is 0 Å². The summed E-state index contributed by atoms with van der Waals surface area (Å²) >= 11 is 6.40. The molecule has 11 nitrogen and oxygen atoms in total. The molecule has 4 aromatic rings. The monoisotopic (exact) mass is 657 g/mol. The number of hydrogen-bond donors (Lipinski definition) is 5. The lowest BCUT2D eigenvalue weighted by Crippen LogP contribution is -2.33. The Kier molecular flexibility index (Phi) is 10.3. The summed E-state index contributed by atoms with van der Waals surface area (Å²) in [6.45, 7) is 2.01. The number of carbonyl (C=O) groups excluding carboxylic acids is 1. The van der Waals surface area contributed by atoms with Crippen molar-refractivity contribution >= 4 is 46.5 Å². The Balaban J connectivity index is 1.23. The predicted octanol–water partition coefficient (Wildman–Crippen LogP) is 6.64. The molecule has 2 heterocycles. The molecule has 0 spiro atoms. The Bertz CT molecular complexity index is 1690. The summed E-state index contributed by atoms with van der Waals surface area (Å²) in [4.78, 5) is 21.2. The number of nitrogens with one attached hydrogen (secondary N) is 5. The first kappa shape index (κ1) is 32.6. The first-order chi connectivity index (χ1) is 22.1. The molecule has 5 rings (SSSR count). The van der Waals surface area contributed by atoms with E-state index in [0.717, 1.165) is 24.2 Å². The maximum Gasteiger partial charge on any atom is 0.416 e. The number of rotatable bonds is 10. The number of methoxy groups -OCH3 is 2. The van der Waals surface area contributed by atoms with Gasteiger partial charge in [-0.05, 0) is 35.9 Å². The highest BCUT2D eigenvalue weighted by Crippen LogP contribution is 2.34. The number of benzene rings is 3. The average molecular weight is 658 g/mol. The van der Waals surface area contributed by atoms with Gasteiger partial charge in [0.2, 0.25) is 5.95 Å². The number of ether oxygens (including phenoxy) is 3. The standard InChI is InChI=1S/C31H31ClF3N7O4/c1-44-25-13-20(6-8-22(25)27-17-36-10-11-46-27)39-28-23(32)16-37-29(42-28)41-24-9-7-21(14-26(24)45-2)40-30(43)38-15-18-4-3-5-19(12-18)31(33,34)35/h3-9,12-14,16,27,36H,10-11,15,17H2,1-2H3,(H2,38,40,43)(H2,37,39,41,42). The molecule has 0 radical (unpaired) electrons. The highest BCUT2D eigenvalue weighted by atomic mass is 35.5. The fraction of sp³-hybridized carbons (Fsp3) is 0.258. The molecular formula is C31H31ClF3N7O4. The smallest absolute Gasteiger partial charge is 0.416 e. The van der Waals surface area contributed by atoms with Crippen LogP contribution in [0.25, 0.3) is 0 Å². The van der Waals surface area contributed by atoms with Gasteiger partial charge in [-0.3, -0.25) is 0 Å². The van der Waals surface area contributed by atoms with Gasteiger partial charge in [0.05, 0.1) is 44.4 Å². The van der Waals surface area contributed by atoms with Crippen molar-refractivity contribution < 1.29 is 32.2 Å². The van der Waals surface area contributed by atoms with Crippen molar-refractivity contribution in [3.8, 4) is 11.5 Å². The molecule has 1 unspecified atom stereocenters. The quantitative estimate of drug-likeness (QED) is 0.127. The molecule has 5 N–H and O–H groups in total. The van der Waals surface area contributed by atoms with E-state index in [-0.39, 0.29) is 23.6 Å². The third-order valence-corrected chi connectivity index (χ3v) is 7.20. The first-order valence-corrected chi connectivity index (χ1v) is 14.5. The Morgan fingerprint density at radius 1 is 1.04 bits per heavy atom. The van der Waals surface area contributed by atoms with Gasteiger partial charge in [-0.25, -0.2) is 9.78 Å². The number of morpholine rings is 1. The van der Waals surface area contributed by atoms with Crippen molar-refractivity contribution in [2.75, 3.05) is 49.9 Å². The Hall–Kier alpha value is -4.79. The number of anilines is 5. The highest BCUT2D eigenvalue weighted by Gasteiger charge is 2.30. The van der Waals surface area contributed by atoms with E-state index in [4.69, 9.17) is 25.8 Å². The zero-order chi connectivity index (χ0) is 32.7. The molecule has 3 aromatic carbocycles. The minimum atomic E-state index is -4.47. The number of urea groups is 1. The van der Waals surface area contributed by atoms with Crippen molar-refractivity contribution in [1.29, 1.82) is 0 Å². The summed E-state index contributed by atoms with van der Waals surface area (Å²) < 4.78 is 55.9. The maximum absolute atomic E-state index is 13.0. The molecule has 0 saturated carbocycles. The lowest BCUT2D eigenvalue weighted by Gasteiger charge is -2.25. The van der Waals surface area contributed by atoms with E-state index in [1.165, 1.54) is 25.4 Å². The summed E-state index contributed by atoms with van der Waals surface area (Å²) in [5.74, 6) is 1.59. The summed E-state index contributed by atoms with van der Waals surface area (Å²) in [6.07, 6.45) is -3.14. The highest BCUT2D eigenvalue weighted by molar-refractivity contribution is 6.32. The van der Waals surface area contributed by atoms with Crippen LogP contribution in [0.1, 0.15) is 22.8 Å². The Morgan fingerprint density at radius 2 is 1.83 bits per heavy atom. The number of aromatic nitrogens is 2. The average Bonchev–Trinajstić information content (AvgIpc) is 3.06. The number of hydrogen-bond acceptors (Lipinski definition) is 9. The number of nitrogens with zero attached hydrogens (tertiary/aromatic N) is 2. The van der Waals surface area contributed by atoms with Gasteiger partial charge in [-0.2, -0.15) is 18.2 Å². The molecule has 1 atom stereocenters. The minimum Gasteiger partial charge on any atom is -0.496 e. The molecule has 15 heteroatoms. The summed E-state index contributed by atoms with van der Waals surface area (Å²) in [5.41, 5.74) is 2.02. The van der Waals surface area contributed by atoms with E-state index < -0.39 is 17.8 Å². The van der Waals surface area contributed by atoms with Crippen LogP contribution in [0.4, 0.5) is 46.8 Å². The van der Waals surface area contributed by atoms with E-state index >= 15 is 0 Å². The van der Waals surface area contributed by atoms with Crippen molar-refractivity contribution in [2.45, 2.75) is 18.8 Å². The second-order valence-electron chi connectivity index (χ2n) is 10.1. The first-order valence-electron chi connectivity index (χ1n) is 14.1. The van der Waals surface area contributed by atoms with Crippen molar-refractivity contribution in [2.24, 2.45) is 0 Å². The lowest BCUT2D eigenvalue weighted by atomic mass is 10.1. The van der Waals surface area contributed by atoms with Gasteiger partial charge in [-0.15, -0.1) is 0 Å². The molecular weight excluding hydrogens is 627 g/mol. The van der Waals surface area contributed by atoms with Crippen LogP contribution in [-0.2, 0) is 17.5 Å². The summed E-state index contributed by atoms with van der Waals surface area (Å²) in [6, 6.07) is 14.6. The number of amides is 2. The van der Waals surface area contributed by atoms with Crippen LogP contribution in [0.2, 0.25) is 5.02 Å². The molecule has 1 aromatic heterocycles. The van der Waals surface area contributed by atoms with Crippen LogP contribution in [0.15, 0.2) is 66.9 Å². The van der Waals surface area contributed by atoms with Crippen LogP contribution in [0.3, 0.4) is 0 Å².